The highest BCUT2D eigenvalue weighted by Gasteiger charge is 2.18. The van der Waals surface area contributed by atoms with Crippen LogP contribution in [0.5, 0.6) is 11.5 Å². The van der Waals surface area contributed by atoms with Crippen LogP contribution in [0.1, 0.15) is 10.3 Å². The van der Waals surface area contributed by atoms with Crippen LogP contribution in [0, 0.1) is 0 Å². The van der Waals surface area contributed by atoms with E-state index in [4.69, 9.17) is 9.47 Å². The highest BCUT2D eigenvalue weighted by atomic mass is 32.1. The molecule has 0 radical (unpaired) electrons. The van der Waals surface area contributed by atoms with Crippen LogP contribution in [0.15, 0.2) is 48.5 Å². The lowest BCUT2D eigenvalue weighted by atomic mass is 10.1. The Bertz CT molecular complexity index is 792. The summed E-state index contributed by atoms with van der Waals surface area (Å²) in [6.07, 6.45) is 0.789. The molecular formula is C19H17NO3S2. The summed E-state index contributed by atoms with van der Waals surface area (Å²) in [6, 6.07) is 15.5. The fourth-order valence-electron chi connectivity index (χ4n) is 2.40. The number of aldehydes is 1. The number of thiol groups is 1. The van der Waals surface area contributed by atoms with E-state index in [2.05, 4.69) is 17.6 Å². The van der Waals surface area contributed by atoms with Crippen LogP contribution < -0.4 is 9.47 Å². The first-order valence-corrected chi connectivity index (χ1v) is 8.92. The highest BCUT2D eigenvalue weighted by molar-refractivity contribution is 7.81. The van der Waals surface area contributed by atoms with Crippen LogP contribution in [0.3, 0.4) is 0 Å². The van der Waals surface area contributed by atoms with Crippen molar-refractivity contribution < 1.29 is 14.3 Å². The molecule has 4 nitrogen and oxygen atoms in total. The number of thiazole rings is 1. The third-order valence-electron chi connectivity index (χ3n) is 3.74. The Balaban J connectivity index is 2.10. The molecule has 0 aliphatic heterocycles. The first-order valence-electron chi connectivity index (χ1n) is 7.59. The molecule has 1 atom stereocenters. The summed E-state index contributed by atoms with van der Waals surface area (Å²) in [5.41, 5.74) is 2.80. The third kappa shape index (κ3) is 3.70. The normalized spacial score (nSPS) is 11.8. The Morgan fingerprint density at radius 3 is 1.96 bits per heavy atom. The second-order valence-corrected chi connectivity index (χ2v) is 6.85. The molecule has 2 aromatic carbocycles. The van der Waals surface area contributed by atoms with Crippen molar-refractivity contribution in [2.75, 3.05) is 14.2 Å². The van der Waals surface area contributed by atoms with Gasteiger partial charge in [-0.2, -0.15) is 12.6 Å². The SMILES string of the molecule is COc1ccc(-c2nc(C(S)C=O)sc2-c2ccc(OC)cc2)cc1. The van der Waals surface area contributed by atoms with Crippen molar-refractivity contribution >= 4 is 30.3 Å². The maximum absolute atomic E-state index is 11.1. The molecule has 0 amide bonds. The van der Waals surface area contributed by atoms with Crippen molar-refractivity contribution in [1.29, 1.82) is 0 Å². The molecule has 6 heteroatoms. The lowest BCUT2D eigenvalue weighted by Gasteiger charge is -2.05. The monoisotopic (exact) mass is 371 g/mol. The molecule has 0 fully saturated rings. The molecule has 25 heavy (non-hydrogen) atoms. The molecule has 1 heterocycles. The molecule has 0 bridgehead atoms. The highest BCUT2D eigenvalue weighted by Crippen LogP contribution is 2.40. The largest absolute Gasteiger partial charge is 0.497 e. The van der Waals surface area contributed by atoms with E-state index >= 15 is 0 Å². The number of aromatic nitrogens is 1. The molecule has 1 aromatic heterocycles. The van der Waals surface area contributed by atoms with Crippen molar-refractivity contribution in [3.63, 3.8) is 0 Å². The van der Waals surface area contributed by atoms with Crippen LogP contribution in [0.2, 0.25) is 0 Å². The van der Waals surface area contributed by atoms with Gasteiger partial charge in [-0.3, -0.25) is 0 Å². The zero-order valence-corrected chi connectivity index (χ0v) is 15.5. The summed E-state index contributed by atoms with van der Waals surface area (Å²) in [6.45, 7) is 0. The van der Waals surface area contributed by atoms with Gasteiger partial charge in [-0.05, 0) is 54.1 Å². The van der Waals surface area contributed by atoms with Gasteiger partial charge in [0.2, 0.25) is 0 Å². The molecule has 0 aliphatic carbocycles. The van der Waals surface area contributed by atoms with Gasteiger partial charge in [0.15, 0.2) is 0 Å². The number of hydrogen-bond acceptors (Lipinski definition) is 6. The number of nitrogens with zero attached hydrogens (tertiary/aromatic N) is 1. The second kappa shape index (κ2) is 7.72. The minimum Gasteiger partial charge on any atom is -0.497 e. The van der Waals surface area contributed by atoms with Crippen molar-refractivity contribution in [2.24, 2.45) is 0 Å². The Kier molecular flexibility index (Phi) is 5.40. The summed E-state index contributed by atoms with van der Waals surface area (Å²) < 4.78 is 10.4. The maximum atomic E-state index is 11.1. The molecule has 0 saturated heterocycles. The van der Waals surface area contributed by atoms with E-state index in [-0.39, 0.29) is 0 Å². The van der Waals surface area contributed by atoms with E-state index in [1.165, 1.54) is 11.3 Å². The van der Waals surface area contributed by atoms with Crippen LogP contribution in [0.4, 0.5) is 0 Å². The number of rotatable bonds is 6. The molecule has 0 spiro atoms. The fourth-order valence-corrected chi connectivity index (χ4v) is 3.66. The zero-order chi connectivity index (χ0) is 17.8. The quantitative estimate of drug-likeness (QED) is 0.505. The molecule has 0 saturated carbocycles. The van der Waals surface area contributed by atoms with Crippen molar-refractivity contribution in [1.82, 2.24) is 4.98 Å². The van der Waals surface area contributed by atoms with E-state index in [0.717, 1.165) is 39.5 Å². The lowest BCUT2D eigenvalue weighted by molar-refractivity contribution is -0.107. The number of benzene rings is 2. The smallest absolute Gasteiger partial charge is 0.139 e. The first-order chi connectivity index (χ1) is 12.2. The van der Waals surface area contributed by atoms with Crippen LogP contribution in [-0.4, -0.2) is 25.5 Å². The van der Waals surface area contributed by atoms with E-state index in [0.29, 0.717) is 5.01 Å². The van der Waals surface area contributed by atoms with Gasteiger partial charge in [-0.15, -0.1) is 11.3 Å². The number of carbonyl (C=O) groups is 1. The van der Waals surface area contributed by atoms with Gasteiger partial charge in [-0.1, -0.05) is 0 Å². The molecule has 0 aliphatic rings. The summed E-state index contributed by atoms with van der Waals surface area (Å²) >= 11 is 5.78. The van der Waals surface area contributed by atoms with Gasteiger partial charge in [-0.25, -0.2) is 4.98 Å². The average Bonchev–Trinajstić information content (AvgIpc) is 3.13. The Morgan fingerprint density at radius 2 is 1.48 bits per heavy atom. The Labute approximate surface area is 155 Å². The zero-order valence-electron chi connectivity index (χ0n) is 13.8. The van der Waals surface area contributed by atoms with Gasteiger partial charge in [0.25, 0.3) is 0 Å². The van der Waals surface area contributed by atoms with Crippen molar-refractivity contribution in [3.05, 3.63) is 53.5 Å². The summed E-state index contributed by atoms with van der Waals surface area (Å²) in [7, 11) is 3.27. The molecule has 0 N–H and O–H groups in total. The van der Waals surface area contributed by atoms with Crippen LogP contribution >= 0.6 is 24.0 Å². The Morgan fingerprint density at radius 1 is 0.960 bits per heavy atom. The first kappa shape index (κ1) is 17.5. The van der Waals surface area contributed by atoms with Gasteiger partial charge in [0, 0.05) is 5.56 Å². The standard InChI is InChI=1S/C19H17NO3S2/c1-22-14-7-3-12(4-8-14)17-18(25-19(20-17)16(24)11-21)13-5-9-15(23-2)10-6-13/h3-11,16,24H,1-2H3. The van der Waals surface area contributed by atoms with Crippen LogP contribution in [0.25, 0.3) is 21.7 Å². The predicted octanol–water partition coefficient (Wildman–Crippen LogP) is 4.66. The lowest BCUT2D eigenvalue weighted by Crippen LogP contribution is -1.90. The minimum atomic E-state index is -0.533. The topological polar surface area (TPSA) is 48.4 Å². The number of methoxy groups -OCH3 is 2. The van der Waals surface area contributed by atoms with E-state index in [9.17, 15) is 4.79 Å². The number of carbonyl (C=O) groups excluding carboxylic acids is 1. The van der Waals surface area contributed by atoms with E-state index in [1.54, 1.807) is 14.2 Å². The number of ether oxygens (including phenoxy) is 2. The molecule has 3 rings (SSSR count). The van der Waals surface area contributed by atoms with Crippen LogP contribution in [-0.2, 0) is 4.79 Å². The second-order valence-electron chi connectivity index (χ2n) is 5.27. The predicted molar refractivity (Wildman–Crippen MR) is 104 cm³/mol. The minimum absolute atomic E-state index is 0.533. The molecule has 3 aromatic rings. The van der Waals surface area contributed by atoms with Crippen molar-refractivity contribution in [3.8, 4) is 33.2 Å². The van der Waals surface area contributed by atoms with E-state index in [1.807, 2.05) is 48.5 Å². The molecule has 1 unspecified atom stereocenters. The Hall–Kier alpha value is -2.31. The molecule has 128 valence electrons. The molecular weight excluding hydrogens is 354 g/mol. The van der Waals surface area contributed by atoms with Crippen molar-refractivity contribution in [2.45, 2.75) is 5.25 Å². The summed E-state index contributed by atoms with van der Waals surface area (Å²) in [4.78, 5) is 16.8. The van der Waals surface area contributed by atoms with Gasteiger partial charge >= 0.3 is 0 Å². The summed E-state index contributed by atoms with van der Waals surface area (Å²) in [5, 5.41) is 0.143. The van der Waals surface area contributed by atoms with Gasteiger partial charge in [0.1, 0.15) is 28.0 Å². The fraction of sp³-hybridized carbons (Fsp3) is 0.158. The summed E-state index contributed by atoms with van der Waals surface area (Å²) in [5.74, 6) is 1.57. The average molecular weight is 371 g/mol. The third-order valence-corrected chi connectivity index (χ3v) is 5.47. The maximum Gasteiger partial charge on any atom is 0.139 e. The van der Waals surface area contributed by atoms with Gasteiger partial charge < -0.3 is 14.3 Å². The van der Waals surface area contributed by atoms with Gasteiger partial charge in [0.05, 0.1) is 24.8 Å². The number of hydrogen-bond donors (Lipinski definition) is 1. The van der Waals surface area contributed by atoms with E-state index < -0.39 is 5.25 Å².